The van der Waals surface area contributed by atoms with Gasteiger partial charge >= 0.3 is 0 Å². The third-order valence-electron chi connectivity index (χ3n) is 5.30. The zero-order valence-corrected chi connectivity index (χ0v) is 17.6. The first kappa shape index (κ1) is 21.1. The number of morpholine rings is 1. The average molecular weight is 417 g/mol. The molecule has 0 radical (unpaired) electrons. The fourth-order valence-corrected chi connectivity index (χ4v) is 3.61. The fourth-order valence-electron chi connectivity index (χ4n) is 3.61. The molecule has 1 N–H and O–H groups in total. The Morgan fingerprint density at radius 3 is 2.45 bits per heavy atom. The Balaban J connectivity index is 1.31. The molecule has 1 fully saturated rings. The SMILES string of the molecule is O=C(NCc1cccc(CN2CCOCC2)c1)c1cccc(OCc2ccccc2)c1. The first-order chi connectivity index (χ1) is 15.3. The largest absolute Gasteiger partial charge is 0.489 e. The van der Waals surface area contributed by atoms with E-state index in [1.165, 1.54) is 5.56 Å². The summed E-state index contributed by atoms with van der Waals surface area (Å²) in [5.41, 5.74) is 4.03. The van der Waals surface area contributed by atoms with Crippen LogP contribution < -0.4 is 10.1 Å². The van der Waals surface area contributed by atoms with Crippen LogP contribution in [0.25, 0.3) is 0 Å². The van der Waals surface area contributed by atoms with Gasteiger partial charge in [-0.15, -0.1) is 0 Å². The molecule has 1 amide bonds. The van der Waals surface area contributed by atoms with Crippen molar-refractivity contribution >= 4 is 5.91 Å². The van der Waals surface area contributed by atoms with Crippen molar-refractivity contribution in [2.24, 2.45) is 0 Å². The first-order valence-electron chi connectivity index (χ1n) is 10.7. The topological polar surface area (TPSA) is 50.8 Å². The second-order valence-electron chi connectivity index (χ2n) is 7.69. The zero-order chi connectivity index (χ0) is 21.3. The van der Waals surface area contributed by atoms with Gasteiger partial charge in [0.05, 0.1) is 13.2 Å². The van der Waals surface area contributed by atoms with Gasteiger partial charge in [0.25, 0.3) is 5.91 Å². The molecule has 1 heterocycles. The molecular weight excluding hydrogens is 388 g/mol. The molecule has 160 valence electrons. The molecule has 3 aromatic carbocycles. The van der Waals surface area contributed by atoms with Gasteiger partial charge < -0.3 is 14.8 Å². The van der Waals surface area contributed by atoms with Crippen LogP contribution in [0, 0.1) is 0 Å². The quantitative estimate of drug-likeness (QED) is 0.602. The molecular formula is C26H28N2O3. The first-order valence-corrected chi connectivity index (χ1v) is 10.7. The Hall–Kier alpha value is -3.15. The number of ether oxygens (including phenoxy) is 2. The van der Waals surface area contributed by atoms with E-state index in [1.807, 2.05) is 48.5 Å². The summed E-state index contributed by atoms with van der Waals surface area (Å²) in [6.45, 7) is 5.39. The van der Waals surface area contributed by atoms with Crippen molar-refractivity contribution in [3.63, 3.8) is 0 Å². The van der Waals surface area contributed by atoms with E-state index >= 15 is 0 Å². The molecule has 0 unspecified atom stereocenters. The molecule has 0 saturated carbocycles. The van der Waals surface area contributed by atoms with Crippen LogP contribution in [0.5, 0.6) is 5.75 Å². The zero-order valence-electron chi connectivity index (χ0n) is 17.6. The fraction of sp³-hybridized carbons (Fsp3) is 0.269. The smallest absolute Gasteiger partial charge is 0.251 e. The summed E-state index contributed by atoms with van der Waals surface area (Å²) in [5.74, 6) is 0.577. The summed E-state index contributed by atoms with van der Waals surface area (Å²) in [6.07, 6.45) is 0. The summed E-state index contributed by atoms with van der Waals surface area (Å²) in [6, 6.07) is 25.7. The maximum absolute atomic E-state index is 12.7. The van der Waals surface area contributed by atoms with Gasteiger partial charge in [-0.2, -0.15) is 0 Å². The van der Waals surface area contributed by atoms with E-state index in [4.69, 9.17) is 9.47 Å². The van der Waals surface area contributed by atoms with Gasteiger partial charge in [0.15, 0.2) is 0 Å². The van der Waals surface area contributed by atoms with Crippen LogP contribution in [-0.4, -0.2) is 37.1 Å². The van der Waals surface area contributed by atoms with Crippen LogP contribution >= 0.6 is 0 Å². The van der Waals surface area contributed by atoms with E-state index in [9.17, 15) is 4.79 Å². The number of amides is 1. The van der Waals surface area contributed by atoms with Gasteiger partial charge in [0, 0.05) is 31.7 Å². The Labute approximate surface area is 183 Å². The number of carbonyl (C=O) groups excluding carboxylic acids is 1. The molecule has 5 heteroatoms. The van der Waals surface area contributed by atoms with Gasteiger partial charge in [-0.1, -0.05) is 60.7 Å². The Bertz CT molecular complexity index is 985. The maximum atomic E-state index is 12.7. The van der Waals surface area contributed by atoms with Crippen molar-refractivity contribution < 1.29 is 14.3 Å². The second-order valence-corrected chi connectivity index (χ2v) is 7.69. The average Bonchev–Trinajstić information content (AvgIpc) is 2.83. The van der Waals surface area contributed by atoms with E-state index < -0.39 is 0 Å². The van der Waals surface area contributed by atoms with Gasteiger partial charge in [-0.05, 0) is 34.9 Å². The van der Waals surface area contributed by atoms with Crippen LogP contribution in [-0.2, 0) is 24.4 Å². The molecule has 0 aliphatic carbocycles. The lowest BCUT2D eigenvalue weighted by molar-refractivity contribution is 0.0342. The van der Waals surface area contributed by atoms with Gasteiger partial charge in [0.1, 0.15) is 12.4 Å². The lowest BCUT2D eigenvalue weighted by atomic mass is 10.1. The van der Waals surface area contributed by atoms with Gasteiger partial charge in [-0.3, -0.25) is 9.69 Å². The summed E-state index contributed by atoms with van der Waals surface area (Å²) >= 11 is 0. The van der Waals surface area contributed by atoms with Crippen LogP contribution in [0.15, 0.2) is 78.9 Å². The van der Waals surface area contributed by atoms with E-state index in [0.717, 1.165) is 44.0 Å². The Morgan fingerprint density at radius 1 is 0.871 bits per heavy atom. The summed E-state index contributed by atoms with van der Waals surface area (Å²) in [4.78, 5) is 15.0. The third kappa shape index (κ3) is 6.41. The van der Waals surface area contributed by atoms with Crippen LogP contribution in [0.3, 0.4) is 0 Å². The van der Waals surface area contributed by atoms with Crippen LogP contribution in [0.1, 0.15) is 27.0 Å². The van der Waals surface area contributed by atoms with Gasteiger partial charge in [0.2, 0.25) is 0 Å². The van der Waals surface area contributed by atoms with Crippen molar-refractivity contribution in [1.29, 1.82) is 0 Å². The number of rotatable bonds is 8. The van der Waals surface area contributed by atoms with Crippen molar-refractivity contribution in [2.75, 3.05) is 26.3 Å². The van der Waals surface area contributed by atoms with Crippen LogP contribution in [0.4, 0.5) is 0 Å². The van der Waals surface area contributed by atoms with E-state index in [2.05, 4.69) is 28.4 Å². The highest BCUT2D eigenvalue weighted by Crippen LogP contribution is 2.16. The molecule has 31 heavy (non-hydrogen) atoms. The minimum absolute atomic E-state index is 0.108. The predicted molar refractivity (Wildman–Crippen MR) is 121 cm³/mol. The minimum Gasteiger partial charge on any atom is -0.489 e. The lowest BCUT2D eigenvalue weighted by Gasteiger charge is -2.26. The summed E-state index contributed by atoms with van der Waals surface area (Å²) < 4.78 is 11.3. The normalized spacial score (nSPS) is 14.2. The number of hydrogen-bond donors (Lipinski definition) is 1. The van der Waals surface area contributed by atoms with Crippen molar-refractivity contribution in [3.05, 3.63) is 101 Å². The molecule has 0 aromatic heterocycles. The predicted octanol–water partition coefficient (Wildman–Crippen LogP) is 4.03. The number of hydrogen-bond acceptors (Lipinski definition) is 4. The molecule has 0 spiro atoms. The molecule has 1 aliphatic heterocycles. The molecule has 0 atom stereocenters. The van der Waals surface area contributed by atoms with E-state index in [0.29, 0.717) is 24.5 Å². The van der Waals surface area contributed by atoms with Crippen molar-refractivity contribution in [2.45, 2.75) is 19.7 Å². The number of nitrogens with zero attached hydrogens (tertiary/aromatic N) is 1. The molecule has 1 saturated heterocycles. The third-order valence-corrected chi connectivity index (χ3v) is 5.30. The summed E-state index contributed by atoms with van der Waals surface area (Å²) in [7, 11) is 0. The minimum atomic E-state index is -0.108. The molecule has 3 aromatic rings. The Kier molecular flexibility index (Phi) is 7.32. The molecule has 5 nitrogen and oxygen atoms in total. The lowest BCUT2D eigenvalue weighted by Crippen LogP contribution is -2.35. The monoisotopic (exact) mass is 416 g/mol. The van der Waals surface area contributed by atoms with Crippen molar-refractivity contribution in [3.8, 4) is 5.75 Å². The Morgan fingerprint density at radius 2 is 1.61 bits per heavy atom. The highest BCUT2D eigenvalue weighted by atomic mass is 16.5. The van der Waals surface area contributed by atoms with Crippen LogP contribution in [0.2, 0.25) is 0 Å². The molecule has 1 aliphatic rings. The number of carbonyl (C=O) groups is 1. The number of benzene rings is 3. The second kappa shape index (κ2) is 10.8. The van der Waals surface area contributed by atoms with E-state index in [-0.39, 0.29) is 5.91 Å². The maximum Gasteiger partial charge on any atom is 0.251 e. The standard InChI is InChI=1S/C26H28N2O3/c29-26(24-10-5-11-25(17-24)31-20-21-6-2-1-3-7-21)27-18-22-8-4-9-23(16-22)19-28-12-14-30-15-13-28/h1-11,16-17H,12-15,18-20H2,(H,27,29). The highest BCUT2D eigenvalue weighted by molar-refractivity contribution is 5.94. The molecule has 0 bridgehead atoms. The van der Waals surface area contributed by atoms with Crippen molar-refractivity contribution in [1.82, 2.24) is 10.2 Å². The number of nitrogens with one attached hydrogen (secondary N) is 1. The highest BCUT2D eigenvalue weighted by Gasteiger charge is 2.11. The molecule has 4 rings (SSSR count). The van der Waals surface area contributed by atoms with E-state index in [1.54, 1.807) is 12.1 Å². The summed E-state index contributed by atoms with van der Waals surface area (Å²) in [5, 5.41) is 3.02. The van der Waals surface area contributed by atoms with Gasteiger partial charge in [-0.25, -0.2) is 0 Å².